The lowest BCUT2D eigenvalue weighted by molar-refractivity contribution is -0.137. The van der Waals surface area contributed by atoms with Crippen LogP contribution in [0.1, 0.15) is 43.6 Å². The number of thiophene rings is 1. The summed E-state index contributed by atoms with van der Waals surface area (Å²) in [5.74, 6) is 0.617. The van der Waals surface area contributed by atoms with Crippen LogP contribution in [0, 0.1) is 0 Å². The molecule has 11 heteroatoms. The highest BCUT2D eigenvalue weighted by Crippen LogP contribution is 2.34. The van der Waals surface area contributed by atoms with Crippen molar-refractivity contribution in [1.29, 1.82) is 0 Å². The highest BCUT2D eigenvalue weighted by Gasteiger charge is 2.31. The molecule has 5 nitrogen and oxygen atoms in total. The Labute approximate surface area is 197 Å². The van der Waals surface area contributed by atoms with Crippen LogP contribution < -0.4 is 5.32 Å². The molecule has 0 unspecified atom stereocenters. The van der Waals surface area contributed by atoms with Gasteiger partial charge in [0.05, 0.1) is 22.0 Å². The minimum Gasteiger partial charge on any atom is -0.324 e. The van der Waals surface area contributed by atoms with Crippen LogP contribution >= 0.6 is 34.7 Å². The fourth-order valence-electron chi connectivity index (χ4n) is 2.92. The molecule has 2 aromatic heterocycles. The van der Waals surface area contributed by atoms with Crippen LogP contribution in [0.25, 0.3) is 11.4 Å². The second-order valence-electron chi connectivity index (χ2n) is 7.38. The van der Waals surface area contributed by atoms with E-state index in [0.717, 1.165) is 36.0 Å². The van der Waals surface area contributed by atoms with Crippen LogP contribution in [0.5, 0.6) is 0 Å². The number of hydrogen-bond acceptors (Lipinski definition) is 5. The standard InChI is InChI=1S/C21H22ClF3N4OS2/c1-4-7-29-19(13-8-17(12(2)3)31-10-13)27-28-20(29)32-11-18(30)26-16-9-14(21(23,24)25)5-6-15(16)22/h5-6,8-10,12H,4,7,11H2,1-3H3,(H,26,30). The maximum Gasteiger partial charge on any atom is 0.416 e. The van der Waals surface area contributed by atoms with Crippen LogP contribution in [0.4, 0.5) is 18.9 Å². The number of thioether (sulfide) groups is 1. The van der Waals surface area contributed by atoms with Crippen LogP contribution in [0.3, 0.4) is 0 Å². The normalized spacial score (nSPS) is 11.9. The Hall–Kier alpha value is -2.04. The van der Waals surface area contributed by atoms with Crippen molar-refractivity contribution in [1.82, 2.24) is 14.8 Å². The maximum atomic E-state index is 12.9. The lowest BCUT2D eigenvalue weighted by Gasteiger charge is -2.12. The highest BCUT2D eigenvalue weighted by atomic mass is 35.5. The number of rotatable bonds is 8. The van der Waals surface area contributed by atoms with Crippen molar-refractivity contribution in [3.8, 4) is 11.4 Å². The molecule has 0 spiro atoms. The van der Waals surface area contributed by atoms with E-state index in [1.165, 1.54) is 16.6 Å². The zero-order chi connectivity index (χ0) is 23.5. The van der Waals surface area contributed by atoms with E-state index in [-0.39, 0.29) is 16.5 Å². The van der Waals surface area contributed by atoms with E-state index in [1.54, 1.807) is 11.3 Å². The SMILES string of the molecule is CCCn1c(SCC(=O)Nc2cc(C(F)(F)F)ccc2Cl)nnc1-c1csc(C(C)C)c1. The van der Waals surface area contributed by atoms with Gasteiger partial charge in [-0.3, -0.25) is 4.79 Å². The molecule has 1 amide bonds. The summed E-state index contributed by atoms with van der Waals surface area (Å²) in [6.45, 7) is 6.97. The lowest BCUT2D eigenvalue weighted by Crippen LogP contribution is -2.16. The average molecular weight is 503 g/mol. The summed E-state index contributed by atoms with van der Waals surface area (Å²) in [5, 5.41) is 13.6. The zero-order valence-electron chi connectivity index (χ0n) is 17.7. The van der Waals surface area contributed by atoms with E-state index >= 15 is 0 Å². The number of alkyl halides is 3. The van der Waals surface area contributed by atoms with E-state index < -0.39 is 17.6 Å². The molecule has 2 heterocycles. The van der Waals surface area contributed by atoms with Crippen molar-refractivity contribution < 1.29 is 18.0 Å². The summed E-state index contributed by atoms with van der Waals surface area (Å²) in [4.78, 5) is 13.6. The van der Waals surface area contributed by atoms with Gasteiger partial charge < -0.3 is 9.88 Å². The van der Waals surface area contributed by atoms with Crippen molar-refractivity contribution in [3.63, 3.8) is 0 Å². The molecule has 0 fully saturated rings. The largest absolute Gasteiger partial charge is 0.416 e. The summed E-state index contributed by atoms with van der Waals surface area (Å²) in [7, 11) is 0. The first-order valence-electron chi connectivity index (χ1n) is 9.91. The van der Waals surface area contributed by atoms with Gasteiger partial charge in [-0.05, 0) is 36.6 Å². The number of anilines is 1. The zero-order valence-corrected chi connectivity index (χ0v) is 20.1. The van der Waals surface area contributed by atoms with Crippen LogP contribution in [-0.2, 0) is 17.5 Å². The van der Waals surface area contributed by atoms with Gasteiger partial charge in [-0.25, -0.2) is 0 Å². The third-order valence-corrected chi connectivity index (χ3v) is 7.04. The van der Waals surface area contributed by atoms with Gasteiger partial charge in [0.1, 0.15) is 0 Å². The summed E-state index contributed by atoms with van der Waals surface area (Å²) >= 11 is 8.80. The monoisotopic (exact) mass is 502 g/mol. The first-order valence-corrected chi connectivity index (χ1v) is 12.2. The van der Waals surface area contributed by atoms with Gasteiger partial charge in [0.15, 0.2) is 11.0 Å². The number of aromatic nitrogens is 3. The second kappa shape index (κ2) is 10.3. The number of halogens is 4. The highest BCUT2D eigenvalue weighted by molar-refractivity contribution is 7.99. The fraction of sp³-hybridized carbons (Fsp3) is 0.381. The smallest absolute Gasteiger partial charge is 0.324 e. The molecule has 0 radical (unpaired) electrons. The number of carbonyl (C=O) groups excluding carboxylic acids is 1. The van der Waals surface area contributed by atoms with Crippen molar-refractivity contribution in [2.24, 2.45) is 0 Å². The van der Waals surface area contributed by atoms with E-state index in [4.69, 9.17) is 11.6 Å². The number of amides is 1. The Morgan fingerprint density at radius 1 is 1.28 bits per heavy atom. The predicted octanol–water partition coefficient (Wildman–Crippen LogP) is 6.94. The summed E-state index contributed by atoms with van der Waals surface area (Å²) in [5.41, 5.74) is 0.0164. The summed E-state index contributed by atoms with van der Waals surface area (Å²) in [6, 6.07) is 4.91. The third kappa shape index (κ3) is 5.85. The van der Waals surface area contributed by atoms with Gasteiger partial charge >= 0.3 is 6.18 Å². The Balaban J connectivity index is 1.73. The van der Waals surface area contributed by atoms with Gasteiger partial charge in [0.25, 0.3) is 0 Å². The molecule has 1 aromatic carbocycles. The molecule has 1 N–H and O–H groups in total. The molecular formula is C21H22ClF3N4OS2. The molecular weight excluding hydrogens is 481 g/mol. The fourth-order valence-corrected chi connectivity index (χ4v) is 4.75. The van der Waals surface area contributed by atoms with E-state index in [9.17, 15) is 18.0 Å². The van der Waals surface area contributed by atoms with Gasteiger partial charge in [0.2, 0.25) is 5.91 Å². The van der Waals surface area contributed by atoms with E-state index in [0.29, 0.717) is 17.6 Å². The second-order valence-corrected chi connectivity index (χ2v) is 9.67. The average Bonchev–Trinajstić information content (AvgIpc) is 3.35. The first kappa shape index (κ1) is 24.6. The van der Waals surface area contributed by atoms with Crippen molar-refractivity contribution in [2.45, 2.75) is 51.0 Å². The Bertz CT molecular complexity index is 1100. The number of nitrogens with zero attached hydrogens (tertiary/aromatic N) is 3. The molecule has 0 aliphatic heterocycles. The predicted molar refractivity (Wildman–Crippen MR) is 124 cm³/mol. The minimum absolute atomic E-state index is 0.0335. The van der Waals surface area contributed by atoms with Crippen LogP contribution in [0.15, 0.2) is 34.8 Å². The maximum absolute atomic E-state index is 12.9. The topological polar surface area (TPSA) is 59.8 Å². The molecule has 0 atom stereocenters. The number of carbonyl (C=O) groups is 1. The summed E-state index contributed by atoms with van der Waals surface area (Å²) in [6.07, 6.45) is -3.67. The molecule has 0 saturated heterocycles. The van der Waals surface area contributed by atoms with Gasteiger partial charge in [-0.15, -0.1) is 21.5 Å². The quantitative estimate of drug-likeness (QED) is 0.339. The molecule has 32 heavy (non-hydrogen) atoms. The van der Waals surface area contributed by atoms with Crippen molar-refractivity contribution >= 4 is 46.3 Å². The molecule has 3 rings (SSSR count). The molecule has 3 aromatic rings. The van der Waals surface area contributed by atoms with Crippen molar-refractivity contribution in [2.75, 3.05) is 11.1 Å². The Morgan fingerprint density at radius 2 is 2.03 bits per heavy atom. The van der Waals surface area contributed by atoms with Gasteiger partial charge in [-0.2, -0.15) is 13.2 Å². The van der Waals surface area contributed by atoms with Gasteiger partial charge in [0, 0.05) is 22.4 Å². The number of hydrogen-bond donors (Lipinski definition) is 1. The molecule has 0 aliphatic rings. The molecule has 0 saturated carbocycles. The lowest BCUT2D eigenvalue weighted by atomic mass is 10.1. The van der Waals surface area contributed by atoms with Crippen LogP contribution in [0.2, 0.25) is 5.02 Å². The minimum atomic E-state index is -4.52. The molecule has 172 valence electrons. The van der Waals surface area contributed by atoms with Crippen molar-refractivity contribution in [3.05, 3.63) is 45.1 Å². The van der Waals surface area contributed by atoms with Gasteiger partial charge in [-0.1, -0.05) is 44.1 Å². The van der Waals surface area contributed by atoms with E-state index in [2.05, 4.69) is 35.4 Å². The molecule has 0 bridgehead atoms. The number of benzene rings is 1. The summed E-state index contributed by atoms with van der Waals surface area (Å²) < 4.78 is 40.8. The third-order valence-electron chi connectivity index (χ3n) is 4.51. The molecule has 0 aliphatic carbocycles. The number of nitrogens with one attached hydrogen (secondary N) is 1. The van der Waals surface area contributed by atoms with E-state index in [1.807, 2.05) is 16.9 Å². The van der Waals surface area contributed by atoms with Crippen LogP contribution in [-0.4, -0.2) is 26.4 Å². The first-order chi connectivity index (χ1) is 15.1. The Morgan fingerprint density at radius 3 is 2.66 bits per heavy atom. The Kier molecular flexibility index (Phi) is 7.89.